The van der Waals surface area contributed by atoms with E-state index in [0.717, 1.165) is 59.4 Å². The first-order valence-electron chi connectivity index (χ1n) is 9.36. The normalized spacial score (nSPS) is 11.4. The second-order valence-corrected chi connectivity index (χ2v) is 5.96. The fourth-order valence-electron chi connectivity index (χ4n) is 2.80. The third-order valence-electron chi connectivity index (χ3n) is 4.29. The number of rotatable bonds is 9. The first-order valence-corrected chi connectivity index (χ1v) is 9.36. The summed E-state index contributed by atoms with van der Waals surface area (Å²) in [6.45, 7) is 8.08. The standard InChI is InChI=1S/C20H30N4O3/c1-6-17-16(18(7-2)27-24-17)13-23-20(21-8-3)22-12-14-9-10-15(25-4)11-19(14)26-5/h9-11H,6-8,12-13H2,1-5H3,(H2,21,22,23). The first kappa shape index (κ1) is 20.6. The van der Waals surface area contributed by atoms with E-state index in [9.17, 15) is 0 Å². The third-order valence-corrected chi connectivity index (χ3v) is 4.29. The lowest BCUT2D eigenvalue weighted by Crippen LogP contribution is -2.37. The van der Waals surface area contributed by atoms with Crippen LogP contribution in [0.1, 0.15) is 43.4 Å². The van der Waals surface area contributed by atoms with E-state index in [1.54, 1.807) is 14.2 Å². The number of aromatic nitrogens is 1. The quantitative estimate of drug-likeness (QED) is 0.519. The van der Waals surface area contributed by atoms with Gasteiger partial charge in [-0.05, 0) is 25.5 Å². The number of aliphatic imine (C=N–C) groups is 1. The van der Waals surface area contributed by atoms with Crippen molar-refractivity contribution >= 4 is 5.96 Å². The van der Waals surface area contributed by atoms with Crippen LogP contribution in [0.3, 0.4) is 0 Å². The third kappa shape index (κ3) is 5.39. The molecule has 0 fully saturated rings. The van der Waals surface area contributed by atoms with Gasteiger partial charge >= 0.3 is 0 Å². The van der Waals surface area contributed by atoms with Crippen LogP contribution < -0.4 is 20.1 Å². The molecule has 1 aromatic carbocycles. The molecular weight excluding hydrogens is 344 g/mol. The van der Waals surface area contributed by atoms with Crippen LogP contribution in [0.4, 0.5) is 0 Å². The van der Waals surface area contributed by atoms with Gasteiger partial charge in [0.1, 0.15) is 17.3 Å². The minimum absolute atomic E-state index is 0.493. The highest BCUT2D eigenvalue weighted by Gasteiger charge is 2.13. The zero-order chi connectivity index (χ0) is 19.6. The number of guanidine groups is 1. The molecule has 0 saturated carbocycles. The van der Waals surface area contributed by atoms with Gasteiger partial charge in [-0.15, -0.1) is 0 Å². The van der Waals surface area contributed by atoms with Gasteiger partial charge in [0.2, 0.25) is 0 Å². The van der Waals surface area contributed by atoms with Gasteiger partial charge in [-0.3, -0.25) is 0 Å². The summed E-state index contributed by atoms with van der Waals surface area (Å²) in [5, 5.41) is 10.8. The average Bonchev–Trinajstić information content (AvgIpc) is 3.11. The Kier molecular flexibility index (Phi) is 7.98. The van der Waals surface area contributed by atoms with Crippen molar-refractivity contribution in [3.63, 3.8) is 0 Å². The van der Waals surface area contributed by atoms with Crippen molar-refractivity contribution in [3.8, 4) is 11.5 Å². The van der Waals surface area contributed by atoms with Crippen molar-refractivity contribution in [2.75, 3.05) is 20.8 Å². The number of nitrogens with one attached hydrogen (secondary N) is 2. The Morgan fingerprint density at radius 3 is 2.56 bits per heavy atom. The minimum Gasteiger partial charge on any atom is -0.497 e. The van der Waals surface area contributed by atoms with Crippen LogP contribution in [0.15, 0.2) is 27.7 Å². The molecule has 7 heteroatoms. The molecule has 0 amide bonds. The summed E-state index contributed by atoms with van der Waals surface area (Å²) in [7, 11) is 3.29. The molecule has 0 atom stereocenters. The van der Waals surface area contributed by atoms with Crippen LogP contribution >= 0.6 is 0 Å². The first-order chi connectivity index (χ1) is 13.2. The molecule has 0 radical (unpaired) electrons. The van der Waals surface area contributed by atoms with Gasteiger partial charge in [-0.2, -0.15) is 0 Å². The molecule has 0 unspecified atom stereocenters. The number of hydrogen-bond donors (Lipinski definition) is 2. The molecule has 7 nitrogen and oxygen atoms in total. The molecule has 27 heavy (non-hydrogen) atoms. The molecule has 0 saturated heterocycles. The summed E-state index contributed by atoms with van der Waals surface area (Å²) >= 11 is 0. The average molecular weight is 374 g/mol. The van der Waals surface area contributed by atoms with Gasteiger partial charge in [0, 0.05) is 36.7 Å². The van der Waals surface area contributed by atoms with E-state index in [1.165, 1.54) is 0 Å². The number of ether oxygens (including phenoxy) is 2. The van der Waals surface area contributed by atoms with E-state index < -0.39 is 0 Å². The zero-order valence-corrected chi connectivity index (χ0v) is 16.9. The van der Waals surface area contributed by atoms with Gasteiger partial charge in [0.15, 0.2) is 5.96 Å². The smallest absolute Gasteiger partial charge is 0.191 e. The number of hydrogen-bond acceptors (Lipinski definition) is 5. The van der Waals surface area contributed by atoms with E-state index in [4.69, 9.17) is 14.0 Å². The summed E-state index contributed by atoms with van der Waals surface area (Å²) in [5.41, 5.74) is 3.10. The van der Waals surface area contributed by atoms with Gasteiger partial charge in [-0.25, -0.2) is 4.99 Å². The maximum atomic E-state index is 5.45. The van der Waals surface area contributed by atoms with E-state index in [0.29, 0.717) is 13.1 Å². The Hall–Kier alpha value is -2.70. The van der Waals surface area contributed by atoms with Crippen molar-refractivity contribution in [2.24, 2.45) is 4.99 Å². The van der Waals surface area contributed by atoms with Gasteiger partial charge in [0.25, 0.3) is 0 Å². The van der Waals surface area contributed by atoms with Gasteiger partial charge in [-0.1, -0.05) is 19.0 Å². The van der Waals surface area contributed by atoms with Crippen LogP contribution in [0.2, 0.25) is 0 Å². The lowest BCUT2D eigenvalue weighted by atomic mass is 10.1. The van der Waals surface area contributed by atoms with Crippen LogP contribution in [0, 0.1) is 0 Å². The second-order valence-electron chi connectivity index (χ2n) is 5.96. The van der Waals surface area contributed by atoms with Crippen LogP contribution in [-0.2, 0) is 25.9 Å². The summed E-state index contributed by atoms with van der Waals surface area (Å²) in [6.07, 6.45) is 1.66. The van der Waals surface area contributed by atoms with Crippen molar-refractivity contribution in [1.82, 2.24) is 15.8 Å². The van der Waals surface area contributed by atoms with Gasteiger partial charge in [0.05, 0.1) is 26.5 Å². The highest BCUT2D eigenvalue weighted by atomic mass is 16.5. The molecule has 0 bridgehead atoms. The Morgan fingerprint density at radius 1 is 1.11 bits per heavy atom. The largest absolute Gasteiger partial charge is 0.497 e. The molecule has 2 rings (SSSR count). The Balaban J connectivity index is 2.12. The Labute approximate surface area is 161 Å². The maximum absolute atomic E-state index is 5.45. The molecule has 148 valence electrons. The molecule has 0 aliphatic carbocycles. The summed E-state index contributed by atoms with van der Waals surface area (Å²) in [6, 6.07) is 5.74. The predicted octanol–water partition coefficient (Wildman–Crippen LogP) is 3.07. The molecule has 0 spiro atoms. The molecule has 2 N–H and O–H groups in total. The number of aryl methyl sites for hydroxylation is 2. The number of nitrogens with zero attached hydrogens (tertiary/aromatic N) is 2. The van der Waals surface area contributed by atoms with Crippen LogP contribution in [0.5, 0.6) is 11.5 Å². The lowest BCUT2D eigenvalue weighted by Gasteiger charge is -2.13. The molecule has 1 aromatic heterocycles. The highest BCUT2D eigenvalue weighted by Crippen LogP contribution is 2.25. The zero-order valence-electron chi connectivity index (χ0n) is 16.9. The van der Waals surface area contributed by atoms with Crippen molar-refractivity contribution in [1.29, 1.82) is 0 Å². The molecular formula is C20H30N4O3. The van der Waals surface area contributed by atoms with Gasteiger partial charge < -0.3 is 24.6 Å². The molecule has 0 aliphatic rings. The summed E-state index contributed by atoms with van der Waals surface area (Å²) in [4.78, 5) is 4.68. The van der Waals surface area contributed by atoms with E-state index >= 15 is 0 Å². The van der Waals surface area contributed by atoms with Crippen LogP contribution in [0.25, 0.3) is 0 Å². The molecule has 1 heterocycles. The minimum atomic E-state index is 0.493. The fourth-order valence-corrected chi connectivity index (χ4v) is 2.80. The van der Waals surface area contributed by atoms with E-state index in [1.807, 2.05) is 25.1 Å². The number of methoxy groups -OCH3 is 2. The van der Waals surface area contributed by atoms with E-state index in [-0.39, 0.29) is 0 Å². The van der Waals surface area contributed by atoms with Crippen molar-refractivity contribution < 1.29 is 14.0 Å². The second kappa shape index (κ2) is 10.4. The summed E-state index contributed by atoms with van der Waals surface area (Å²) < 4.78 is 16.1. The van der Waals surface area contributed by atoms with Crippen LogP contribution in [-0.4, -0.2) is 31.9 Å². The molecule has 0 aliphatic heterocycles. The topological polar surface area (TPSA) is 80.9 Å². The highest BCUT2D eigenvalue weighted by molar-refractivity contribution is 5.79. The Bertz CT molecular complexity index is 734. The monoisotopic (exact) mass is 374 g/mol. The Morgan fingerprint density at radius 2 is 1.93 bits per heavy atom. The predicted molar refractivity (Wildman–Crippen MR) is 106 cm³/mol. The lowest BCUT2D eigenvalue weighted by molar-refractivity contribution is 0.380. The molecule has 2 aromatic rings. The van der Waals surface area contributed by atoms with Crippen molar-refractivity contribution in [2.45, 2.75) is 46.7 Å². The SMILES string of the molecule is CCNC(=NCc1ccc(OC)cc1OC)NCc1c(CC)noc1CC. The van der Waals surface area contributed by atoms with Crippen molar-refractivity contribution in [3.05, 3.63) is 40.8 Å². The fraction of sp³-hybridized carbons (Fsp3) is 0.500. The van der Waals surface area contributed by atoms with E-state index in [2.05, 4.69) is 34.6 Å². The number of benzene rings is 1. The summed E-state index contributed by atoms with van der Waals surface area (Å²) in [5.74, 6) is 3.18. The maximum Gasteiger partial charge on any atom is 0.191 e.